The molecule has 0 bridgehead atoms. The van der Waals surface area contributed by atoms with Gasteiger partial charge in [0.2, 0.25) is 0 Å². The molecule has 0 spiro atoms. The molecule has 0 aliphatic carbocycles. The standard InChI is InChI=1S/C13H16O4/c14-13-5-1-3-7-15-9-11-17-12-10-16-8-4-2-6-13/h1-8H,9-12H2/b5-1-,6-2-,7-3-,8-4-. The highest BCUT2D eigenvalue weighted by atomic mass is 16.5. The summed E-state index contributed by atoms with van der Waals surface area (Å²) in [6.45, 7) is 1.99. The molecule has 1 heterocycles. The van der Waals surface area contributed by atoms with Gasteiger partial charge in [0, 0.05) is 0 Å². The van der Waals surface area contributed by atoms with Crippen molar-refractivity contribution in [2.45, 2.75) is 0 Å². The van der Waals surface area contributed by atoms with Crippen molar-refractivity contribution in [3.8, 4) is 0 Å². The lowest BCUT2D eigenvalue weighted by Gasteiger charge is -2.03. The first-order valence-corrected chi connectivity index (χ1v) is 5.41. The van der Waals surface area contributed by atoms with Crippen molar-refractivity contribution in [3.05, 3.63) is 49.0 Å². The van der Waals surface area contributed by atoms with Crippen LogP contribution in [0.4, 0.5) is 0 Å². The van der Waals surface area contributed by atoms with Crippen LogP contribution in [0, 0.1) is 0 Å². The number of hydrogen-bond acceptors (Lipinski definition) is 4. The van der Waals surface area contributed by atoms with Crippen molar-refractivity contribution in [2.75, 3.05) is 26.4 Å². The largest absolute Gasteiger partial charge is 0.499 e. The van der Waals surface area contributed by atoms with Gasteiger partial charge in [-0.2, -0.15) is 0 Å². The van der Waals surface area contributed by atoms with E-state index in [-0.39, 0.29) is 5.78 Å². The Labute approximate surface area is 101 Å². The maximum absolute atomic E-state index is 11.2. The summed E-state index contributed by atoms with van der Waals surface area (Å²) in [5.41, 5.74) is 0. The van der Waals surface area contributed by atoms with Gasteiger partial charge >= 0.3 is 0 Å². The summed E-state index contributed by atoms with van der Waals surface area (Å²) in [6, 6.07) is 0. The first-order valence-electron chi connectivity index (χ1n) is 5.41. The molecule has 0 N–H and O–H groups in total. The van der Waals surface area contributed by atoms with Crippen LogP contribution in [0.1, 0.15) is 0 Å². The van der Waals surface area contributed by atoms with Crippen LogP contribution in [0.2, 0.25) is 0 Å². The van der Waals surface area contributed by atoms with Gasteiger partial charge in [0.05, 0.1) is 25.7 Å². The molecule has 0 amide bonds. The van der Waals surface area contributed by atoms with Crippen LogP contribution in [0.15, 0.2) is 49.0 Å². The quantitative estimate of drug-likeness (QED) is 0.643. The van der Waals surface area contributed by atoms with Gasteiger partial charge in [0.25, 0.3) is 0 Å². The zero-order valence-corrected chi connectivity index (χ0v) is 9.58. The maximum atomic E-state index is 11.2. The zero-order valence-electron chi connectivity index (χ0n) is 9.58. The highest BCUT2D eigenvalue weighted by molar-refractivity contribution is 5.99. The van der Waals surface area contributed by atoms with E-state index in [1.165, 1.54) is 24.7 Å². The molecule has 0 atom stereocenters. The third-order valence-electron chi connectivity index (χ3n) is 1.78. The summed E-state index contributed by atoms with van der Waals surface area (Å²) in [5.74, 6) is -0.0882. The Kier molecular flexibility index (Phi) is 7.34. The smallest absolute Gasteiger partial charge is 0.178 e. The molecule has 17 heavy (non-hydrogen) atoms. The molecule has 0 aromatic heterocycles. The van der Waals surface area contributed by atoms with Gasteiger partial charge in [-0.05, 0) is 24.3 Å². The fourth-order valence-corrected chi connectivity index (χ4v) is 1.01. The topological polar surface area (TPSA) is 44.8 Å². The number of carbonyl (C=O) groups is 1. The van der Waals surface area contributed by atoms with Gasteiger partial charge in [-0.1, -0.05) is 12.2 Å². The number of ether oxygens (including phenoxy) is 3. The van der Waals surface area contributed by atoms with E-state index in [9.17, 15) is 4.79 Å². The van der Waals surface area contributed by atoms with Crippen LogP contribution in [0.3, 0.4) is 0 Å². The molecular formula is C13H16O4. The van der Waals surface area contributed by atoms with Gasteiger partial charge in [-0.25, -0.2) is 0 Å². The second-order valence-electron chi connectivity index (χ2n) is 3.13. The predicted octanol–water partition coefficient (Wildman–Crippen LogP) is 1.76. The third-order valence-corrected chi connectivity index (χ3v) is 1.78. The van der Waals surface area contributed by atoms with Crippen LogP contribution in [-0.2, 0) is 19.0 Å². The molecule has 4 nitrogen and oxygen atoms in total. The molecule has 0 saturated heterocycles. The Morgan fingerprint density at radius 3 is 1.82 bits per heavy atom. The number of ketones is 1. The minimum Gasteiger partial charge on any atom is -0.499 e. The van der Waals surface area contributed by atoms with Crippen molar-refractivity contribution >= 4 is 5.78 Å². The second kappa shape index (κ2) is 9.42. The summed E-state index contributed by atoms with van der Waals surface area (Å²) < 4.78 is 15.5. The zero-order chi connectivity index (χ0) is 12.2. The Hall–Kier alpha value is -1.81. The first-order chi connectivity index (χ1) is 8.39. The molecule has 92 valence electrons. The monoisotopic (exact) mass is 236 g/mol. The molecule has 1 aliphatic heterocycles. The fraction of sp³-hybridized carbons (Fsp3) is 0.308. The van der Waals surface area contributed by atoms with E-state index in [1.807, 2.05) is 0 Å². The number of allylic oxidation sites excluding steroid dienone is 6. The summed E-state index contributed by atoms with van der Waals surface area (Å²) in [6.07, 6.45) is 12.5. The molecule has 1 rings (SSSR count). The molecule has 0 fully saturated rings. The van der Waals surface area contributed by atoms with Gasteiger partial charge in [0.15, 0.2) is 5.78 Å². The molecule has 0 radical (unpaired) electrons. The van der Waals surface area contributed by atoms with Crippen molar-refractivity contribution in [2.24, 2.45) is 0 Å². The third kappa shape index (κ3) is 8.04. The lowest BCUT2D eigenvalue weighted by Crippen LogP contribution is -2.06. The minimum atomic E-state index is -0.0882. The number of carbonyl (C=O) groups excluding carboxylic acids is 1. The Morgan fingerprint density at radius 1 is 0.765 bits per heavy atom. The molecule has 4 heteroatoms. The maximum Gasteiger partial charge on any atom is 0.178 e. The van der Waals surface area contributed by atoms with E-state index in [0.29, 0.717) is 26.4 Å². The molecule has 0 saturated carbocycles. The van der Waals surface area contributed by atoms with Gasteiger partial charge < -0.3 is 14.2 Å². The van der Waals surface area contributed by atoms with Crippen molar-refractivity contribution in [1.82, 2.24) is 0 Å². The number of rotatable bonds is 0. The lowest BCUT2D eigenvalue weighted by atomic mass is 10.3. The van der Waals surface area contributed by atoms with Crippen LogP contribution in [0.5, 0.6) is 0 Å². The van der Waals surface area contributed by atoms with Gasteiger partial charge in [0.1, 0.15) is 13.2 Å². The van der Waals surface area contributed by atoms with Gasteiger partial charge in [-0.3, -0.25) is 4.79 Å². The number of hydrogen-bond donors (Lipinski definition) is 0. The van der Waals surface area contributed by atoms with Crippen LogP contribution in [-0.4, -0.2) is 32.2 Å². The van der Waals surface area contributed by atoms with E-state index in [0.717, 1.165) is 0 Å². The van der Waals surface area contributed by atoms with Crippen LogP contribution in [0.25, 0.3) is 0 Å². The average molecular weight is 236 g/mol. The van der Waals surface area contributed by atoms with E-state index in [4.69, 9.17) is 14.2 Å². The SMILES string of the molecule is O=C1/C=C\C=C/OCCOCCO/C=C\C=C/1. The van der Waals surface area contributed by atoms with E-state index < -0.39 is 0 Å². The van der Waals surface area contributed by atoms with Crippen molar-refractivity contribution in [1.29, 1.82) is 0 Å². The molecular weight excluding hydrogens is 220 g/mol. The van der Waals surface area contributed by atoms with E-state index >= 15 is 0 Å². The molecule has 0 aromatic rings. The van der Waals surface area contributed by atoms with Crippen LogP contribution < -0.4 is 0 Å². The van der Waals surface area contributed by atoms with E-state index in [2.05, 4.69) is 0 Å². The van der Waals surface area contributed by atoms with Crippen LogP contribution >= 0.6 is 0 Å². The van der Waals surface area contributed by atoms with E-state index in [1.54, 1.807) is 24.3 Å². The van der Waals surface area contributed by atoms with Crippen molar-refractivity contribution < 1.29 is 19.0 Å². The highest BCUT2D eigenvalue weighted by Crippen LogP contribution is 1.88. The summed E-state index contributed by atoms with van der Waals surface area (Å²) >= 11 is 0. The van der Waals surface area contributed by atoms with Gasteiger partial charge in [-0.15, -0.1) is 0 Å². The molecule has 0 unspecified atom stereocenters. The van der Waals surface area contributed by atoms with Crippen molar-refractivity contribution in [3.63, 3.8) is 0 Å². The molecule has 1 aliphatic rings. The molecule has 0 aromatic carbocycles. The minimum absolute atomic E-state index is 0.0882. The normalized spacial score (nSPS) is 26.2. The predicted molar refractivity (Wildman–Crippen MR) is 64.3 cm³/mol. The Morgan fingerprint density at radius 2 is 1.29 bits per heavy atom. The Bertz CT molecular complexity index is 296. The Balaban J connectivity index is 2.45. The lowest BCUT2D eigenvalue weighted by molar-refractivity contribution is -0.110. The average Bonchev–Trinajstić information content (AvgIpc) is 2.32. The summed E-state index contributed by atoms with van der Waals surface area (Å²) in [7, 11) is 0. The highest BCUT2D eigenvalue weighted by Gasteiger charge is 1.88. The summed E-state index contributed by atoms with van der Waals surface area (Å²) in [4.78, 5) is 11.2. The fourth-order valence-electron chi connectivity index (χ4n) is 1.01. The summed E-state index contributed by atoms with van der Waals surface area (Å²) in [5, 5.41) is 0. The first kappa shape index (κ1) is 13.3. The second-order valence-corrected chi connectivity index (χ2v) is 3.13.